The molecule has 1 saturated heterocycles. The van der Waals surface area contributed by atoms with Crippen molar-refractivity contribution in [3.05, 3.63) is 41.4 Å². The van der Waals surface area contributed by atoms with E-state index in [1.165, 1.54) is 31.2 Å². The minimum absolute atomic E-state index is 0. The average Bonchev–Trinajstić information content (AvgIpc) is 3.09. The second kappa shape index (κ2) is 14.3. The number of halogens is 1. The minimum Gasteiger partial charge on any atom is -0.359 e. The number of aliphatic imine (C=N–C) groups is 1. The van der Waals surface area contributed by atoms with Crippen LogP contribution in [-0.4, -0.2) is 35.7 Å². The Bertz CT molecular complexity index is 812. The standard InChI is InChI=1S/C24H38N6O.HI/c1-4-20(5-2)22-16-21(31-29-22)18-28-24(25-6-3)27-17-19-11-12-26-23(15-19)30-13-9-7-8-10-14-30;/h11-12,15-16,20H,4-10,13-14,17-18H2,1-3H3,(H2,25,27,28);1H. The number of hydrogen-bond acceptors (Lipinski definition) is 5. The summed E-state index contributed by atoms with van der Waals surface area (Å²) in [5, 5.41) is 10.9. The van der Waals surface area contributed by atoms with Crippen molar-refractivity contribution in [3.63, 3.8) is 0 Å². The summed E-state index contributed by atoms with van der Waals surface area (Å²) >= 11 is 0. The number of hydrogen-bond donors (Lipinski definition) is 2. The highest BCUT2D eigenvalue weighted by atomic mass is 127. The van der Waals surface area contributed by atoms with E-state index >= 15 is 0 Å². The fraction of sp³-hybridized carbons (Fsp3) is 0.625. The monoisotopic (exact) mass is 554 g/mol. The van der Waals surface area contributed by atoms with Gasteiger partial charge < -0.3 is 20.1 Å². The molecule has 0 aliphatic carbocycles. The number of nitrogens with one attached hydrogen (secondary N) is 2. The number of rotatable bonds is 9. The first-order chi connectivity index (χ1) is 15.2. The van der Waals surface area contributed by atoms with Gasteiger partial charge in [0.25, 0.3) is 0 Å². The molecule has 7 nitrogen and oxygen atoms in total. The molecule has 32 heavy (non-hydrogen) atoms. The first-order valence-electron chi connectivity index (χ1n) is 11.9. The lowest BCUT2D eigenvalue weighted by molar-refractivity contribution is 0.368. The predicted molar refractivity (Wildman–Crippen MR) is 142 cm³/mol. The largest absolute Gasteiger partial charge is 0.359 e. The molecule has 1 aliphatic heterocycles. The number of aromatic nitrogens is 2. The Hall–Kier alpha value is -1.84. The second-order valence-corrected chi connectivity index (χ2v) is 8.20. The number of guanidine groups is 1. The lowest BCUT2D eigenvalue weighted by atomic mass is 9.99. The number of pyridine rings is 1. The fourth-order valence-electron chi connectivity index (χ4n) is 4.03. The fourth-order valence-corrected chi connectivity index (χ4v) is 4.03. The van der Waals surface area contributed by atoms with E-state index in [4.69, 9.17) is 9.52 Å². The topological polar surface area (TPSA) is 78.6 Å². The third-order valence-electron chi connectivity index (χ3n) is 5.92. The molecule has 0 radical (unpaired) electrons. The molecule has 0 amide bonds. The van der Waals surface area contributed by atoms with Crippen molar-refractivity contribution in [2.45, 2.75) is 78.3 Å². The van der Waals surface area contributed by atoms with Gasteiger partial charge in [-0.2, -0.15) is 0 Å². The molecular weight excluding hydrogens is 515 g/mol. The zero-order valence-electron chi connectivity index (χ0n) is 19.8. The Labute approximate surface area is 209 Å². The Morgan fingerprint density at radius 2 is 1.84 bits per heavy atom. The van der Waals surface area contributed by atoms with E-state index < -0.39 is 0 Å². The zero-order valence-corrected chi connectivity index (χ0v) is 22.1. The zero-order chi connectivity index (χ0) is 21.9. The highest BCUT2D eigenvalue weighted by Crippen LogP contribution is 2.22. The molecule has 2 aromatic heterocycles. The van der Waals surface area contributed by atoms with Gasteiger partial charge in [0.1, 0.15) is 5.82 Å². The molecule has 1 fully saturated rings. The quantitative estimate of drug-likeness (QED) is 0.251. The van der Waals surface area contributed by atoms with E-state index in [1.54, 1.807) is 0 Å². The van der Waals surface area contributed by atoms with Crippen LogP contribution in [0.4, 0.5) is 5.82 Å². The predicted octanol–water partition coefficient (Wildman–Crippen LogP) is 5.23. The van der Waals surface area contributed by atoms with E-state index in [9.17, 15) is 0 Å². The number of nitrogens with zero attached hydrogens (tertiary/aromatic N) is 4. The normalized spacial score (nSPS) is 14.8. The lowest BCUT2D eigenvalue weighted by Crippen LogP contribution is -2.36. The van der Waals surface area contributed by atoms with Crippen LogP contribution in [0.1, 0.15) is 82.2 Å². The van der Waals surface area contributed by atoms with Crippen molar-refractivity contribution in [2.75, 3.05) is 24.5 Å². The van der Waals surface area contributed by atoms with Crippen LogP contribution in [0.5, 0.6) is 0 Å². The van der Waals surface area contributed by atoms with Crippen LogP contribution in [0, 0.1) is 0 Å². The van der Waals surface area contributed by atoms with Gasteiger partial charge in [-0.3, -0.25) is 0 Å². The Kier molecular flexibility index (Phi) is 11.8. The summed E-state index contributed by atoms with van der Waals surface area (Å²) in [5.41, 5.74) is 2.21. The summed E-state index contributed by atoms with van der Waals surface area (Å²) in [4.78, 5) is 11.8. The summed E-state index contributed by atoms with van der Waals surface area (Å²) in [5.74, 6) is 3.14. The maximum Gasteiger partial charge on any atom is 0.191 e. The SMILES string of the molecule is CCNC(=NCc1ccnc(N2CCCCCC2)c1)NCc1cc(C(CC)CC)no1.I. The Morgan fingerprint density at radius 3 is 2.53 bits per heavy atom. The van der Waals surface area contributed by atoms with E-state index in [2.05, 4.69) is 58.6 Å². The first-order valence-corrected chi connectivity index (χ1v) is 11.9. The van der Waals surface area contributed by atoms with Gasteiger partial charge in [0.2, 0.25) is 0 Å². The van der Waals surface area contributed by atoms with E-state index in [0.29, 0.717) is 19.0 Å². The Balaban J connectivity index is 0.00000363. The summed E-state index contributed by atoms with van der Waals surface area (Å²) in [6.45, 7) is 10.6. The smallest absolute Gasteiger partial charge is 0.191 e. The molecule has 0 unspecified atom stereocenters. The lowest BCUT2D eigenvalue weighted by Gasteiger charge is -2.21. The van der Waals surface area contributed by atoms with Gasteiger partial charge in [0, 0.05) is 37.8 Å². The van der Waals surface area contributed by atoms with Crippen LogP contribution in [0.15, 0.2) is 33.9 Å². The van der Waals surface area contributed by atoms with Gasteiger partial charge in [-0.25, -0.2) is 9.98 Å². The molecule has 1 aliphatic rings. The maximum absolute atomic E-state index is 5.52. The second-order valence-electron chi connectivity index (χ2n) is 8.20. The number of anilines is 1. The summed E-state index contributed by atoms with van der Waals surface area (Å²) in [6, 6.07) is 6.29. The van der Waals surface area contributed by atoms with Crippen molar-refractivity contribution in [2.24, 2.45) is 4.99 Å². The van der Waals surface area contributed by atoms with E-state index in [0.717, 1.165) is 55.7 Å². The molecule has 2 aromatic rings. The van der Waals surface area contributed by atoms with Gasteiger partial charge in [0.15, 0.2) is 11.7 Å². The molecule has 0 bridgehead atoms. The average molecular weight is 555 g/mol. The molecule has 0 atom stereocenters. The third kappa shape index (κ3) is 7.94. The van der Waals surface area contributed by atoms with Crippen LogP contribution in [-0.2, 0) is 13.1 Å². The van der Waals surface area contributed by atoms with Crippen LogP contribution in [0.3, 0.4) is 0 Å². The van der Waals surface area contributed by atoms with Crippen molar-refractivity contribution in [1.29, 1.82) is 0 Å². The van der Waals surface area contributed by atoms with Gasteiger partial charge in [0.05, 0.1) is 18.8 Å². The maximum atomic E-state index is 5.52. The molecule has 8 heteroatoms. The molecule has 2 N–H and O–H groups in total. The molecule has 0 saturated carbocycles. The van der Waals surface area contributed by atoms with E-state index in [-0.39, 0.29) is 24.0 Å². The highest BCUT2D eigenvalue weighted by Gasteiger charge is 2.14. The van der Waals surface area contributed by atoms with Crippen molar-refractivity contribution in [1.82, 2.24) is 20.8 Å². The molecule has 178 valence electrons. The minimum atomic E-state index is 0. The van der Waals surface area contributed by atoms with Crippen molar-refractivity contribution < 1.29 is 4.52 Å². The van der Waals surface area contributed by atoms with Crippen molar-refractivity contribution in [3.8, 4) is 0 Å². The summed E-state index contributed by atoms with van der Waals surface area (Å²) < 4.78 is 5.52. The van der Waals surface area contributed by atoms with Crippen molar-refractivity contribution >= 4 is 35.8 Å². The first kappa shape index (κ1) is 26.4. The van der Waals surface area contributed by atoms with Gasteiger partial charge in [-0.05, 0) is 50.3 Å². The molecule has 0 spiro atoms. The van der Waals surface area contributed by atoms with Gasteiger partial charge in [-0.15, -0.1) is 24.0 Å². The molecule has 3 heterocycles. The van der Waals surface area contributed by atoms with Gasteiger partial charge >= 0.3 is 0 Å². The van der Waals surface area contributed by atoms with Crippen LogP contribution in [0.25, 0.3) is 0 Å². The summed E-state index contributed by atoms with van der Waals surface area (Å²) in [7, 11) is 0. The summed E-state index contributed by atoms with van der Waals surface area (Å²) in [6.07, 6.45) is 9.19. The van der Waals surface area contributed by atoms with Crippen LogP contribution < -0.4 is 15.5 Å². The highest BCUT2D eigenvalue weighted by molar-refractivity contribution is 14.0. The van der Waals surface area contributed by atoms with Gasteiger partial charge in [-0.1, -0.05) is 31.8 Å². The van der Waals surface area contributed by atoms with Crippen LogP contribution in [0.2, 0.25) is 0 Å². The molecular formula is C24H39IN6O. The third-order valence-corrected chi connectivity index (χ3v) is 5.92. The van der Waals surface area contributed by atoms with E-state index in [1.807, 2.05) is 12.3 Å². The molecule has 3 rings (SSSR count). The Morgan fingerprint density at radius 1 is 1.09 bits per heavy atom. The molecule has 0 aromatic carbocycles. The van der Waals surface area contributed by atoms with Crippen LogP contribution >= 0.6 is 24.0 Å².